The van der Waals surface area contributed by atoms with E-state index in [1.807, 2.05) is 18.0 Å². The van der Waals surface area contributed by atoms with Gasteiger partial charge in [-0.3, -0.25) is 4.79 Å². The number of ether oxygens (including phenoxy) is 1. The topological polar surface area (TPSA) is 106 Å². The van der Waals surface area contributed by atoms with Gasteiger partial charge in [0, 0.05) is 37.2 Å². The van der Waals surface area contributed by atoms with Crippen molar-refractivity contribution in [1.29, 1.82) is 0 Å². The quantitative estimate of drug-likeness (QED) is 0.526. The maximum Gasteiger partial charge on any atom is 0.251 e. The zero-order valence-electron chi connectivity index (χ0n) is 23.0. The molecule has 1 aromatic carbocycles. The fourth-order valence-corrected chi connectivity index (χ4v) is 5.92. The number of anilines is 4. The van der Waals surface area contributed by atoms with E-state index in [1.165, 1.54) is 12.8 Å². The van der Waals surface area contributed by atoms with Crippen LogP contribution in [0.2, 0.25) is 0 Å². The van der Waals surface area contributed by atoms with Gasteiger partial charge in [-0.25, -0.2) is 4.98 Å². The summed E-state index contributed by atoms with van der Waals surface area (Å²) < 4.78 is 5.64. The number of carbonyl (C=O) groups is 1. The standard InChI is InChI=1S/C28H41N7O3/c1-18-17-35(21-7-5-6-8-21)25-23(34(3)27(18)37)16-29-28(32-25)31-22-10-9-19(15-24(22)38-4)26(36)30-20-11-13-33(2)14-12-20/h9-10,15-16,18,20-21,27,37H,5-8,11-14,17H2,1-4H3,(H,30,36)(H,29,31,32). The second-order valence-corrected chi connectivity index (χ2v) is 11.1. The van der Waals surface area contributed by atoms with Gasteiger partial charge in [-0.15, -0.1) is 0 Å². The van der Waals surface area contributed by atoms with Crippen LogP contribution in [0.5, 0.6) is 5.75 Å². The minimum atomic E-state index is -0.601. The van der Waals surface area contributed by atoms with E-state index in [0.717, 1.165) is 56.8 Å². The molecular formula is C28H41N7O3. The molecule has 1 aromatic heterocycles. The Kier molecular flexibility index (Phi) is 7.90. The van der Waals surface area contributed by atoms with Crippen LogP contribution < -0.4 is 25.2 Å². The molecule has 0 spiro atoms. The van der Waals surface area contributed by atoms with Gasteiger partial charge in [0.25, 0.3) is 5.91 Å². The van der Waals surface area contributed by atoms with E-state index in [1.54, 1.807) is 25.4 Å². The van der Waals surface area contributed by atoms with E-state index in [0.29, 0.717) is 29.0 Å². The van der Waals surface area contributed by atoms with Crippen molar-refractivity contribution in [3.8, 4) is 5.75 Å². The Balaban J connectivity index is 1.37. The molecule has 206 valence electrons. The molecule has 1 aliphatic carbocycles. The molecule has 38 heavy (non-hydrogen) atoms. The number of carbonyl (C=O) groups excluding carboxylic acids is 1. The second kappa shape index (κ2) is 11.3. The number of aromatic nitrogens is 2. The third-order valence-corrected chi connectivity index (χ3v) is 8.32. The van der Waals surface area contributed by atoms with Crippen LogP contribution >= 0.6 is 0 Å². The molecule has 1 saturated heterocycles. The molecule has 3 heterocycles. The Morgan fingerprint density at radius 2 is 1.87 bits per heavy atom. The van der Waals surface area contributed by atoms with E-state index in [-0.39, 0.29) is 17.9 Å². The minimum Gasteiger partial charge on any atom is -0.495 e. The number of fused-ring (bicyclic) bond motifs is 1. The van der Waals surface area contributed by atoms with Gasteiger partial charge >= 0.3 is 0 Å². The zero-order chi connectivity index (χ0) is 26.8. The second-order valence-electron chi connectivity index (χ2n) is 11.1. The van der Waals surface area contributed by atoms with Crippen molar-refractivity contribution < 1.29 is 14.6 Å². The number of hydrogen-bond acceptors (Lipinski definition) is 9. The first-order valence-corrected chi connectivity index (χ1v) is 13.8. The largest absolute Gasteiger partial charge is 0.495 e. The summed E-state index contributed by atoms with van der Waals surface area (Å²) in [5.74, 6) is 1.82. The summed E-state index contributed by atoms with van der Waals surface area (Å²) in [7, 11) is 5.60. The Labute approximate surface area is 225 Å². The van der Waals surface area contributed by atoms with Crippen LogP contribution in [0.15, 0.2) is 24.4 Å². The third kappa shape index (κ3) is 5.51. The van der Waals surface area contributed by atoms with Crippen LogP contribution in [0.1, 0.15) is 55.8 Å². The summed E-state index contributed by atoms with van der Waals surface area (Å²) in [6, 6.07) is 6.00. The molecule has 10 heteroatoms. The number of likely N-dealkylation sites (tertiary alicyclic amines) is 1. The van der Waals surface area contributed by atoms with Gasteiger partial charge in [-0.05, 0) is 64.0 Å². The van der Waals surface area contributed by atoms with Gasteiger partial charge in [0.1, 0.15) is 17.7 Å². The first kappa shape index (κ1) is 26.5. The monoisotopic (exact) mass is 523 g/mol. The number of piperidine rings is 1. The molecule has 2 aromatic rings. The van der Waals surface area contributed by atoms with Crippen molar-refractivity contribution in [3.63, 3.8) is 0 Å². The number of aliphatic hydroxyl groups is 1. The van der Waals surface area contributed by atoms with E-state index in [4.69, 9.17) is 9.72 Å². The van der Waals surface area contributed by atoms with Gasteiger partial charge in [0.05, 0.1) is 19.0 Å². The summed E-state index contributed by atoms with van der Waals surface area (Å²) in [6.45, 7) is 4.80. The highest BCUT2D eigenvalue weighted by Crippen LogP contribution is 2.38. The number of amides is 1. The van der Waals surface area contributed by atoms with Gasteiger partial charge in [-0.2, -0.15) is 4.98 Å². The third-order valence-electron chi connectivity index (χ3n) is 8.32. The maximum absolute atomic E-state index is 12.9. The molecule has 0 bridgehead atoms. The van der Waals surface area contributed by atoms with Crippen LogP contribution in [-0.2, 0) is 0 Å². The molecule has 2 aliphatic heterocycles. The summed E-state index contributed by atoms with van der Waals surface area (Å²) in [5, 5.41) is 17.3. The van der Waals surface area contributed by atoms with Crippen molar-refractivity contribution in [3.05, 3.63) is 30.0 Å². The van der Waals surface area contributed by atoms with Gasteiger partial charge in [-0.1, -0.05) is 19.8 Å². The highest BCUT2D eigenvalue weighted by Gasteiger charge is 2.35. The molecule has 5 rings (SSSR count). The predicted octanol–water partition coefficient (Wildman–Crippen LogP) is 3.21. The molecule has 10 nitrogen and oxygen atoms in total. The molecular weight excluding hydrogens is 482 g/mol. The Morgan fingerprint density at radius 1 is 1.13 bits per heavy atom. The first-order valence-electron chi connectivity index (χ1n) is 13.8. The number of benzene rings is 1. The summed E-state index contributed by atoms with van der Waals surface area (Å²) in [4.78, 5) is 28.9. The smallest absolute Gasteiger partial charge is 0.251 e. The normalized spacial score (nSPS) is 23.2. The first-order chi connectivity index (χ1) is 18.3. The Morgan fingerprint density at radius 3 is 2.58 bits per heavy atom. The molecule has 1 amide bonds. The van der Waals surface area contributed by atoms with E-state index < -0.39 is 6.23 Å². The summed E-state index contributed by atoms with van der Waals surface area (Å²) >= 11 is 0. The molecule has 1 saturated carbocycles. The van der Waals surface area contributed by atoms with Crippen molar-refractivity contribution in [1.82, 2.24) is 20.2 Å². The Hall–Kier alpha value is -3.11. The van der Waals surface area contributed by atoms with Gasteiger partial charge in [0.15, 0.2) is 5.82 Å². The van der Waals surface area contributed by atoms with Crippen LogP contribution in [0.3, 0.4) is 0 Å². The molecule has 2 unspecified atom stereocenters. The van der Waals surface area contributed by atoms with E-state index >= 15 is 0 Å². The fraction of sp³-hybridized carbons (Fsp3) is 0.607. The lowest BCUT2D eigenvalue weighted by molar-refractivity contribution is 0.0916. The van der Waals surface area contributed by atoms with Crippen molar-refractivity contribution in [2.75, 3.05) is 56.0 Å². The van der Waals surface area contributed by atoms with Crippen molar-refractivity contribution in [2.24, 2.45) is 5.92 Å². The van der Waals surface area contributed by atoms with Crippen LogP contribution in [-0.4, -0.2) is 85.0 Å². The summed E-state index contributed by atoms with van der Waals surface area (Å²) in [6.07, 6.45) is 7.79. The average molecular weight is 524 g/mol. The average Bonchev–Trinajstić information content (AvgIpc) is 3.44. The number of rotatable bonds is 6. The predicted molar refractivity (Wildman–Crippen MR) is 149 cm³/mol. The SMILES string of the molecule is COc1cc(C(=O)NC2CCN(C)CC2)ccc1Nc1ncc2c(n1)N(C1CCCC1)CC(C)C(O)N2C. The van der Waals surface area contributed by atoms with E-state index in [9.17, 15) is 9.90 Å². The molecule has 3 aliphatic rings. The van der Waals surface area contributed by atoms with Gasteiger partial charge in [0.2, 0.25) is 5.95 Å². The molecule has 3 N–H and O–H groups in total. The lowest BCUT2D eigenvalue weighted by Gasteiger charge is -2.31. The Bertz CT molecular complexity index is 1130. The highest BCUT2D eigenvalue weighted by molar-refractivity contribution is 5.95. The zero-order valence-corrected chi connectivity index (χ0v) is 23.0. The number of hydrogen-bond donors (Lipinski definition) is 3. The fourth-order valence-electron chi connectivity index (χ4n) is 5.92. The minimum absolute atomic E-state index is 0.0690. The van der Waals surface area contributed by atoms with Crippen LogP contribution in [0, 0.1) is 5.92 Å². The van der Waals surface area contributed by atoms with E-state index in [2.05, 4.69) is 39.4 Å². The number of aliphatic hydroxyl groups excluding tert-OH is 1. The summed E-state index contributed by atoms with van der Waals surface area (Å²) in [5.41, 5.74) is 2.07. The molecule has 0 radical (unpaired) electrons. The number of methoxy groups -OCH3 is 1. The highest BCUT2D eigenvalue weighted by atomic mass is 16.5. The maximum atomic E-state index is 12.9. The van der Waals surface area contributed by atoms with Gasteiger partial charge < -0.3 is 35.2 Å². The van der Waals surface area contributed by atoms with Crippen molar-refractivity contribution in [2.45, 2.75) is 63.8 Å². The molecule has 2 fully saturated rings. The number of nitrogens with one attached hydrogen (secondary N) is 2. The van der Waals surface area contributed by atoms with Crippen LogP contribution in [0.4, 0.5) is 23.1 Å². The number of nitrogens with zero attached hydrogens (tertiary/aromatic N) is 5. The lowest BCUT2D eigenvalue weighted by Crippen LogP contribution is -2.43. The molecule has 2 atom stereocenters. The van der Waals surface area contributed by atoms with Crippen LogP contribution in [0.25, 0.3) is 0 Å². The van der Waals surface area contributed by atoms with Crippen molar-refractivity contribution >= 4 is 29.0 Å². The lowest BCUT2D eigenvalue weighted by atomic mass is 10.0.